The molecule has 1 aromatic carbocycles. The predicted octanol–water partition coefficient (Wildman–Crippen LogP) is 2.61. The molecule has 6 heteroatoms. The van der Waals surface area contributed by atoms with E-state index in [-0.39, 0.29) is 0 Å². The maximum absolute atomic E-state index is 8.80. The highest BCUT2D eigenvalue weighted by Gasteiger charge is 2.15. The second kappa shape index (κ2) is 4.90. The van der Waals surface area contributed by atoms with Gasteiger partial charge in [-0.3, -0.25) is 0 Å². The fraction of sp³-hybridized carbons (Fsp3) is 0.0714. The molecule has 0 spiro atoms. The Kier molecular flexibility index (Phi) is 2.94. The minimum atomic E-state index is 0.326. The number of aromatic nitrogens is 3. The third-order valence-electron chi connectivity index (χ3n) is 2.82. The molecule has 0 aliphatic carbocycles. The van der Waals surface area contributed by atoms with Crippen molar-refractivity contribution in [1.82, 2.24) is 15.1 Å². The molecule has 2 aromatic heterocycles. The van der Waals surface area contributed by atoms with E-state index in [0.29, 0.717) is 28.7 Å². The van der Waals surface area contributed by atoms with Gasteiger partial charge in [0.15, 0.2) is 0 Å². The molecule has 0 fully saturated rings. The minimum Gasteiger partial charge on any atom is -0.496 e. The van der Waals surface area contributed by atoms with Crippen molar-refractivity contribution in [3.05, 3.63) is 42.1 Å². The summed E-state index contributed by atoms with van der Waals surface area (Å²) in [6, 6.07) is 11.1. The van der Waals surface area contributed by atoms with E-state index in [1.54, 1.807) is 19.4 Å². The zero-order valence-electron chi connectivity index (χ0n) is 10.6. The SMILES string of the molecule is COc1ccccc1-c1noc(-c2cc(C#N)c[nH]2)n1. The van der Waals surface area contributed by atoms with E-state index in [2.05, 4.69) is 15.1 Å². The first-order valence-electron chi connectivity index (χ1n) is 5.88. The summed E-state index contributed by atoms with van der Waals surface area (Å²) < 4.78 is 10.5. The Bertz CT molecular complexity index is 782. The number of hydrogen-bond donors (Lipinski definition) is 1. The van der Waals surface area contributed by atoms with E-state index < -0.39 is 0 Å². The van der Waals surface area contributed by atoms with Crippen LogP contribution in [0, 0.1) is 11.3 Å². The summed E-state index contributed by atoms with van der Waals surface area (Å²) in [5, 5.41) is 12.7. The van der Waals surface area contributed by atoms with Gasteiger partial charge < -0.3 is 14.2 Å². The normalized spacial score (nSPS) is 10.2. The Morgan fingerprint density at radius 1 is 1.35 bits per heavy atom. The molecule has 6 nitrogen and oxygen atoms in total. The summed E-state index contributed by atoms with van der Waals surface area (Å²) in [5.74, 6) is 1.43. The van der Waals surface area contributed by atoms with Gasteiger partial charge in [0.25, 0.3) is 5.89 Å². The van der Waals surface area contributed by atoms with Gasteiger partial charge in [0.2, 0.25) is 5.82 Å². The number of nitrogens with zero attached hydrogens (tertiary/aromatic N) is 3. The van der Waals surface area contributed by atoms with Crippen LogP contribution >= 0.6 is 0 Å². The topological polar surface area (TPSA) is 87.7 Å². The van der Waals surface area contributed by atoms with E-state index in [1.807, 2.05) is 30.3 Å². The second-order valence-electron chi connectivity index (χ2n) is 4.04. The van der Waals surface area contributed by atoms with Gasteiger partial charge in [0.1, 0.15) is 17.5 Å². The summed E-state index contributed by atoms with van der Waals surface area (Å²) >= 11 is 0. The molecule has 0 bridgehead atoms. The molecular formula is C14H10N4O2. The predicted molar refractivity (Wildman–Crippen MR) is 70.8 cm³/mol. The summed E-state index contributed by atoms with van der Waals surface area (Å²) in [6.07, 6.45) is 1.59. The van der Waals surface area contributed by atoms with Crippen LogP contribution in [0.25, 0.3) is 23.0 Å². The lowest BCUT2D eigenvalue weighted by Crippen LogP contribution is -1.88. The van der Waals surface area contributed by atoms with Crippen LogP contribution in [0.1, 0.15) is 5.56 Å². The Morgan fingerprint density at radius 2 is 2.20 bits per heavy atom. The third kappa shape index (κ3) is 2.01. The number of nitrogens with one attached hydrogen (secondary N) is 1. The van der Waals surface area contributed by atoms with E-state index >= 15 is 0 Å². The molecule has 0 unspecified atom stereocenters. The van der Waals surface area contributed by atoms with E-state index in [4.69, 9.17) is 14.5 Å². The van der Waals surface area contributed by atoms with Gasteiger partial charge in [0, 0.05) is 6.20 Å². The highest BCUT2D eigenvalue weighted by atomic mass is 16.5. The Hall–Kier alpha value is -3.07. The van der Waals surface area contributed by atoms with Gasteiger partial charge in [0.05, 0.1) is 18.2 Å². The zero-order valence-corrected chi connectivity index (χ0v) is 10.6. The number of H-pyrrole nitrogens is 1. The fourth-order valence-electron chi connectivity index (χ4n) is 1.85. The van der Waals surface area contributed by atoms with Gasteiger partial charge in [-0.2, -0.15) is 10.2 Å². The lowest BCUT2D eigenvalue weighted by atomic mass is 10.2. The van der Waals surface area contributed by atoms with Crippen LogP contribution in [-0.2, 0) is 0 Å². The number of para-hydroxylation sites is 1. The first kappa shape index (κ1) is 12.0. The first-order chi connectivity index (χ1) is 9.81. The molecule has 98 valence electrons. The largest absolute Gasteiger partial charge is 0.496 e. The number of methoxy groups -OCH3 is 1. The summed E-state index contributed by atoms with van der Waals surface area (Å²) in [5.41, 5.74) is 1.87. The van der Waals surface area contributed by atoms with Crippen LogP contribution in [-0.4, -0.2) is 22.2 Å². The molecule has 0 aliphatic rings. The molecule has 20 heavy (non-hydrogen) atoms. The second-order valence-corrected chi connectivity index (χ2v) is 4.04. The van der Waals surface area contributed by atoms with Crippen molar-refractivity contribution in [2.24, 2.45) is 0 Å². The number of benzene rings is 1. The summed E-state index contributed by atoms with van der Waals surface area (Å²) in [4.78, 5) is 7.22. The fourth-order valence-corrected chi connectivity index (χ4v) is 1.85. The number of hydrogen-bond acceptors (Lipinski definition) is 5. The number of ether oxygens (including phenoxy) is 1. The van der Waals surface area contributed by atoms with Gasteiger partial charge >= 0.3 is 0 Å². The van der Waals surface area contributed by atoms with Crippen LogP contribution in [0.4, 0.5) is 0 Å². The van der Waals surface area contributed by atoms with Crippen LogP contribution in [0.15, 0.2) is 41.1 Å². The van der Waals surface area contributed by atoms with Crippen molar-refractivity contribution in [3.8, 4) is 34.8 Å². The van der Waals surface area contributed by atoms with Crippen LogP contribution in [0.2, 0.25) is 0 Å². The minimum absolute atomic E-state index is 0.326. The van der Waals surface area contributed by atoms with Crippen molar-refractivity contribution in [2.75, 3.05) is 7.11 Å². The number of nitriles is 1. The third-order valence-corrected chi connectivity index (χ3v) is 2.82. The zero-order chi connectivity index (χ0) is 13.9. The number of aromatic amines is 1. The van der Waals surface area contributed by atoms with E-state index in [1.165, 1.54) is 0 Å². The molecule has 1 N–H and O–H groups in total. The molecule has 0 radical (unpaired) electrons. The lowest BCUT2D eigenvalue weighted by Gasteiger charge is -2.02. The van der Waals surface area contributed by atoms with Crippen molar-refractivity contribution < 1.29 is 9.26 Å². The van der Waals surface area contributed by atoms with Gasteiger partial charge in [-0.05, 0) is 18.2 Å². The van der Waals surface area contributed by atoms with Crippen LogP contribution in [0.3, 0.4) is 0 Å². The molecule has 0 amide bonds. The van der Waals surface area contributed by atoms with Gasteiger partial charge in [-0.15, -0.1) is 0 Å². The van der Waals surface area contributed by atoms with Gasteiger partial charge in [-0.1, -0.05) is 17.3 Å². The number of rotatable bonds is 3. The quantitative estimate of drug-likeness (QED) is 0.787. The van der Waals surface area contributed by atoms with E-state index in [0.717, 1.165) is 5.56 Å². The van der Waals surface area contributed by atoms with Crippen molar-refractivity contribution in [2.45, 2.75) is 0 Å². The van der Waals surface area contributed by atoms with Crippen molar-refractivity contribution in [3.63, 3.8) is 0 Å². The maximum atomic E-state index is 8.80. The highest BCUT2D eigenvalue weighted by Crippen LogP contribution is 2.28. The van der Waals surface area contributed by atoms with Crippen molar-refractivity contribution in [1.29, 1.82) is 5.26 Å². The Morgan fingerprint density at radius 3 is 2.95 bits per heavy atom. The molecule has 2 heterocycles. The first-order valence-corrected chi connectivity index (χ1v) is 5.88. The highest BCUT2D eigenvalue weighted by molar-refractivity contribution is 5.65. The average Bonchev–Trinajstić information content (AvgIpc) is 3.15. The molecule has 3 aromatic rings. The molecular weight excluding hydrogens is 256 g/mol. The molecule has 3 rings (SSSR count). The van der Waals surface area contributed by atoms with Crippen LogP contribution < -0.4 is 4.74 Å². The average molecular weight is 266 g/mol. The van der Waals surface area contributed by atoms with Crippen LogP contribution in [0.5, 0.6) is 5.75 Å². The molecule has 0 aliphatic heterocycles. The molecule has 0 atom stereocenters. The smallest absolute Gasteiger partial charge is 0.274 e. The maximum Gasteiger partial charge on any atom is 0.274 e. The van der Waals surface area contributed by atoms with Crippen molar-refractivity contribution >= 4 is 0 Å². The Labute approximate surface area is 114 Å². The molecule has 0 saturated carbocycles. The summed E-state index contributed by atoms with van der Waals surface area (Å²) in [7, 11) is 1.59. The molecule has 0 saturated heterocycles. The lowest BCUT2D eigenvalue weighted by molar-refractivity contribution is 0.413. The monoisotopic (exact) mass is 266 g/mol. The Balaban J connectivity index is 2.00. The van der Waals surface area contributed by atoms with Gasteiger partial charge in [-0.25, -0.2) is 0 Å². The standard InChI is InChI=1S/C14H10N4O2/c1-19-12-5-3-2-4-10(12)13-17-14(20-18-13)11-6-9(7-15)8-16-11/h2-6,8,16H,1H3. The van der Waals surface area contributed by atoms with E-state index in [9.17, 15) is 0 Å². The summed E-state index contributed by atoms with van der Waals surface area (Å²) in [6.45, 7) is 0.